The van der Waals surface area contributed by atoms with Crippen LogP contribution in [0.5, 0.6) is 11.5 Å². The predicted molar refractivity (Wildman–Crippen MR) is 157 cm³/mol. The number of carbonyl (C=O) groups excluding carboxylic acids is 1. The predicted octanol–water partition coefficient (Wildman–Crippen LogP) is 5.85. The fourth-order valence-corrected chi connectivity index (χ4v) is 4.54. The van der Waals surface area contributed by atoms with Gasteiger partial charge in [0.1, 0.15) is 18.1 Å². The Morgan fingerprint density at radius 3 is 2.55 bits per heavy atom. The molecule has 2 heterocycles. The zero-order chi connectivity index (χ0) is 28.8. The molecule has 9 heteroatoms. The number of ether oxygens (including phenoxy) is 3. The number of aromatic nitrogens is 4. The lowest BCUT2D eigenvalue weighted by atomic mass is 9.99. The highest BCUT2D eigenvalue weighted by atomic mass is 16.5. The SMILES string of the molecule is CCOCCOc1ccc(NC(=O)C(C)Oc2ccc(C)cc2C)cc1CCC(C)c1nc2c(C)c(C)[nH]n2n1. The molecule has 0 bridgehead atoms. The fraction of sp³-hybridized carbons (Fsp3) is 0.452. The van der Waals surface area contributed by atoms with E-state index in [4.69, 9.17) is 19.2 Å². The highest BCUT2D eigenvalue weighted by Crippen LogP contribution is 2.28. The molecule has 0 aliphatic carbocycles. The molecule has 40 heavy (non-hydrogen) atoms. The van der Waals surface area contributed by atoms with Crippen LogP contribution in [0.2, 0.25) is 0 Å². The maximum Gasteiger partial charge on any atom is 0.265 e. The Balaban J connectivity index is 1.45. The third kappa shape index (κ3) is 7.01. The number of aromatic amines is 1. The van der Waals surface area contributed by atoms with Gasteiger partial charge in [-0.15, -0.1) is 5.10 Å². The lowest BCUT2D eigenvalue weighted by Gasteiger charge is -2.18. The molecule has 0 fully saturated rings. The van der Waals surface area contributed by atoms with Crippen molar-refractivity contribution in [3.05, 3.63) is 70.2 Å². The van der Waals surface area contributed by atoms with Crippen molar-refractivity contribution < 1.29 is 19.0 Å². The Morgan fingerprint density at radius 1 is 1.05 bits per heavy atom. The van der Waals surface area contributed by atoms with E-state index in [0.29, 0.717) is 31.3 Å². The Bertz CT molecular complexity index is 1460. The Hall–Kier alpha value is -3.85. The zero-order valence-electron chi connectivity index (χ0n) is 24.6. The van der Waals surface area contributed by atoms with Gasteiger partial charge in [-0.05, 0) is 89.8 Å². The summed E-state index contributed by atoms with van der Waals surface area (Å²) in [5.41, 5.74) is 6.88. The van der Waals surface area contributed by atoms with Crippen LogP contribution in [0, 0.1) is 27.7 Å². The van der Waals surface area contributed by atoms with E-state index in [-0.39, 0.29) is 11.8 Å². The van der Waals surface area contributed by atoms with Crippen molar-refractivity contribution in [3.63, 3.8) is 0 Å². The number of nitrogens with zero attached hydrogens (tertiary/aromatic N) is 3. The summed E-state index contributed by atoms with van der Waals surface area (Å²) in [4.78, 5) is 17.8. The van der Waals surface area contributed by atoms with Crippen molar-refractivity contribution >= 4 is 17.2 Å². The van der Waals surface area contributed by atoms with Crippen molar-refractivity contribution in [2.45, 2.75) is 73.3 Å². The molecule has 214 valence electrons. The quantitative estimate of drug-likeness (QED) is 0.204. The van der Waals surface area contributed by atoms with Crippen LogP contribution < -0.4 is 14.8 Å². The Labute approximate surface area is 236 Å². The minimum absolute atomic E-state index is 0.133. The van der Waals surface area contributed by atoms with Gasteiger partial charge >= 0.3 is 0 Å². The number of benzene rings is 2. The van der Waals surface area contributed by atoms with Gasteiger partial charge in [-0.3, -0.25) is 9.89 Å². The summed E-state index contributed by atoms with van der Waals surface area (Å²) in [6.07, 6.45) is 0.890. The number of hydrogen-bond acceptors (Lipinski definition) is 6. The average molecular weight is 548 g/mol. The smallest absolute Gasteiger partial charge is 0.265 e. The second-order valence-electron chi connectivity index (χ2n) is 10.4. The molecule has 0 aliphatic heterocycles. The molecule has 0 radical (unpaired) electrons. The molecule has 2 aromatic heterocycles. The molecule has 0 saturated heterocycles. The first-order valence-electron chi connectivity index (χ1n) is 14.0. The molecule has 2 N–H and O–H groups in total. The van der Waals surface area contributed by atoms with Crippen molar-refractivity contribution in [2.24, 2.45) is 0 Å². The number of amides is 1. The molecule has 0 saturated carbocycles. The maximum absolute atomic E-state index is 13.0. The van der Waals surface area contributed by atoms with E-state index in [1.807, 2.05) is 71.0 Å². The largest absolute Gasteiger partial charge is 0.491 e. The summed E-state index contributed by atoms with van der Waals surface area (Å²) in [6, 6.07) is 11.7. The van der Waals surface area contributed by atoms with Gasteiger partial charge in [-0.1, -0.05) is 24.6 Å². The van der Waals surface area contributed by atoms with E-state index < -0.39 is 6.10 Å². The number of aryl methyl sites for hydroxylation is 5. The molecule has 1 amide bonds. The van der Waals surface area contributed by atoms with Gasteiger partial charge < -0.3 is 19.5 Å². The summed E-state index contributed by atoms with van der Waals surface area (Å²) in [7, 11) is 0. The molecule has 4 aromatic rings. The lowest BCUT2D eigenvalue weighted by molar-refractivity contribution is -0.122. The zero-order valence-corrected chi connectivity index (χ0v) is 24.6. The van der Waals surface area contributed by atoms with Gasteiger partial charge in [0.2, 0.25) is 0 Å². The molecular weight excluding hydrogens is 506 g/mol. The van der Waals surface area contributed by atoms with Crippen LogP contribution in [-0.2, 0) is 16.0 Å². The molecule has 4 rings (SSSR count). The Kier molecular flexibility index (Phi) is 9.47. The monoisotopic (exact) mass is 547 g/mol. The number of anilines is 1. The highest BCUT2D eigenvalue weighted by Gasteiger charge is 2.19. The lowest BCUT2D eigenvalue weighted by Crippen LogP contribution is -2.30. The topological polar surface area (TPSA) is 103 Å². The number of H-pyrrole nitrogens is 1. The van der Waals surface area contributed by atoms with Gasteiger partial charge in [0, 0.05) is 29.5 Å². The number of nitrogens with one attached hydrogen (secondary N) is 2. The van der Waals surface area contributed by atoms with E-state index in [0.717, 1.165) is 58.0 Å². The second-order valence-corrected chi connectivity index (χ2v) is 10.4. The van der Waals surface area contributed by atoms with Gasteiger partial charge in [0.25, 0.3) is 5.91 Å². The summed E-state index contributed by atoms with van der Waals surface area (Å²) in [5.74, 6) is 2.20. The first-order valence-corrected chi connectivity index (χ1v) is 14.0. The molecule has 0 spiro atoms. The molecular formula is C31H41N5O4. The summed E-state index contributed by atoms with van der Waals surface area (Å²) in [5, 5.41) is 10.9. The van der Waals surface area contributed by atoms with Crippen LogP contribution in [0.25, 0.3) is 5.65 Å². The third-order valence-electron chi connectivity index (χ3n) is 7.10. The first-order chi connectivity index (χ1) is 19.2. The Morgan fingerprint density at radius 2 is 1.82 bits per heavy atom. The number of carbonyl (C=O) groups is 1. The summed E-state index contributed by atoms with van der Waals surface area (Å²) < 4.78 is 19.2. The van der Waals surface area contributed by atoms with Gasteiger partial charge in [0.05, 0.1) is 6.61 Å². The second kappa shape index (κ2) is 13.0. The highest BCUT2D eigenvalue weighted by molar-refractivity contribution is 5.94. The van der Waals surface area contributed by atoms with Crippen molar-refractivity contribution in [1.82, 2.24) is 19.8 Å². The van der Waals surface area contributed by atoms with E-state index in [1.165, 1.54) is 0 Å². The number of fused-ring (bicyclic) bond motifs is 1. The van der Waals surface area contributed by atoms with Gasteiger partial charge in [-0.25, -0.2) is 4.98 Å². The molecule has 9 nitrogen and oxygen atoms in total. The summed E-state index contributed by atoms with van der Waals surface area (Å²) >= 11 is 0. The fourth-order valence-electron chi connectivity index (χ4n) is 4.54. The molecule has 2 unspecified atom stereocenters. The van der Waals surface area contributed by atoms with Crippen LogP contribution in [0.15, 0.2) is 36.4 Å². The van der Waals surface area contributed by atoms with E-state index in [9.17, 15) is 4.79 Å². The maximum atomic E-state index is 13.0. The standard InChI is InChI=1S/C31H41N5O4/c1-8-38-15-16-39-28-14-12-26(32-31(37)24(7)40-27-13-9-19(2)17-21(27)4)18-25(28)11-10-20(3)29-33-30-22(5)23(6)34-36(30)35-29/h9,12-14,17-18,20,24,34H,8,10-11,15-16H2,1-7H3,(H,32,37). The van der Waals surface area contributed by atoms with Gasteiger partial charge in [0.15, 0.2) is 17.6 Å². The van der Waals surface area contributed by atoms with E-state index in [2.05, 4.69) is 22.4 Å². The number of hydrogen-bond donors (Lipinski definition) is 2. The summed E-state index contributed by atoms with van der Waals surface area (Å²) in [6.45, 7) is 15.5. The molecule has 2 aromatic carbocycles. The van der Waals surface area contributed by atoms with Crippen LogP contribution in [0.1, 0.15) is 66.9 Å². The molecule has 0 aliphatic rings. The normalized spacial score (nSPS) is 12.9. The van der Waals surface area contributed by atoms with E-state index in [1.54, 1.807) is 11.6 Å². The third-order valence-corrected chi connectivity index (χ3v) is 7.10. The van der Waals surface area contributed by atoms with Crippen molar-refractivity contribution in [1.29, 1.82) is 0 Å². The number of rotatable bonds is 13. The van der Waals surface area contributed by atoms with Crippen molar-refractivity contribution in [3.8, 4) is 11.5 Å². The van der Waals surface area contributed by atoms with Crippen LogP contribution in [-0.4, -0.2) is 51.6 Å². The molecule has 2 atom stereocenters. The van der Waals surface area contributed by atoms with E-state index >= 15 is 0 Å². The first kappa shape index (κ1) is 29.1. The minimum Gasteiger partial charge on any atom is -0.491 e. The average Bonchev–Trinajstić information content (AvgIpc) is 3.45. The van der Waals surface area contributed by atoms with Gasteiger partial charge in [-0.2, -0.15) is 4.63 Å². The van der Waals surface area contributed by atoms with Crippen molar-refractivity contribution in [2.75, 3.05) is 25.1 Å². The minimum atomic E-state index is -0.657. The van der Waals surface area contributed by atoms with Crippen LogP contribution in [0.4, 0.5) is 5.69 Å². The van der Waals surface area contributed by atoms with Crippen LogP contribution in [0.3, 0.4) is 0 Å². The van der Waals surface area contributed by atoms with Crippen LogP contribution >= 0.6 is 0 Å².